The van der Waals surface area contributed by atoms with Crippen LogP contribution < -0.4 is 10.6 Å². The van der Waals surface area contributed by atoms with Crippen molar-refractivity contribution < 1.29 is 14.1 Å². The van der Waals surface area contributed by atoms with Gasteiger partial charge < -0.3 is 19.7 Å². The van der Waals surface area contributed by atoms with E-state index in [4.69, 9.17) is 4.52 Å². The third kappa shape index (κ3) is 3.25. The lowest BCUT2D eigenvalue weighted by atomic mass is 10.1. The van der Waals surface area contributed by atoms with Crippen LogP contribution in [0, 0.1) is 0 Å². The maximum absolute atomic E-state index is 12.6. The van der Waals surface area contributed by atoms with Gasteiger partial charge in [0.2, 0.25) is 0 Å². The molecule has 3 aromatic heterocycles. The Balaban J connectivity index is 1.36. The number of rotatable bonds is 4. The Morgan fingerprint density at radius 1 is 1.17 bits per heavy atom. The number of amides is 2. The summed E-state index contributed by atoms with van der Waals surface area (Å²) in [5.74, 6) is 0.469. The first-order chi connectivity index (χ1) is 14.2. The number of anilines is 1. The molecule has 1 aliphatic heterocycles. The van der Waals surface area contributed by atoms with Gasteiger partial charge in [0, 0.05) is 31.0 Å². The van der Waals surface area contributed by atoms with Crippen LogP contribution in [0.2, 0.25) is 0 Å². The van der Waals surface area contributed by atoms with Gasteiger partial charge in [-0.3, -0.25) is 9.59 Å². The number of nitrogens with zero attached hydrogens (tertiary/aromatic N) is 3. The number of aromatic nitrogens is 3. The van der Waals surface area contributed by atoms with E-state index in [0.29, 0.717) is 42.4 Å². The molecule has 8 heteroatoms. The molecule has 0 fully saturated rings. The molecular formula is C21H17N5O3. The predicted octanol–water partition coefficient (Wildman–Crippen LogP) is 2.61. The molecule has 4 aromatic rings. The molecule has 29 heavy (non-hydrogen) atoms. The third-order valence-electron chi connectivity index (χ3n) is 4.85. The minimum atomic E-state index is -0.387. The lowest BCUT2D eigenvalue weighted by Crippen LogP contribution is -2.35. The molecule has 0 atom stereocenters. The Kier molecular flexibility index (Phi) is 4.09. The predicted molar refractivity (Wildman–Crippen MR) is 106 cm³/mol. The topological polar surface area (TPSA) is 102 Å². The molecule has 0 saturated heterocycles. The number of carbonyl (C=O) groups excluding carboxylic acids is 2. The zero-order chi connectivity index (χ0) is 19.8. The van der Waals surface area contributed by atoms with Crippen molar-refractivity contribution in [3.63, 3.8) is 0 Å². The van der Waals surface area contributed by atoms with Crippen molar-refractivity contribution in [3.05, 3.63) is 77.3 Å². The number of fused-ring (bicyclic) bond motifs is 3. The van der Waals surface area contributed by atoms with E-state index >= 15 is 0 Å². The fourth-order valence-corrected chi connectivity index (χ4v) is 3.47. The molecule has 5 rings (SSSR count). The van der Waals surface area contributed by atoms with E-state index in [9.17, 15) is 9.59 Å². The molecule has 2 amide bonds. The second-order valence-corrected chi connectivity index (χ2v) is 6.84. The molecule has 2 N–H and O–H groups in total. The summed E-state index contributed by atoms with van der Waals surface area (Å²) in [5.41, 5.74) is 2.51. The second-order valence-electron chi connectivity index (χ2n) is 6.84. The summed E-state index contributed by atoms with van der Waals surface area (Å²) in [7, 11) is 0. The zero-order valence-electron chi connectivity index (χ0n) is 15.4. The first-order valence-electron chi connectivity index (χ1n) is 9.27. The second kappa shape index (κ2) is 6.90. The van der Waals surface area contributed by atoms with E-state index in [0.717, 1.165) is 10.9 Å². The van der Waals surface area contributed by atoms with Crippen molar-refractivity contribution in [1.29, 1.82) is 0 Å². The molecule has 1 aliphatic rings. The lowest BCUT2D eigenvalue weighted by Gasteiger charge is -2.16. The fourth-order valence-electron chi connectivity index (χ4n) is 3.47. The van der Waals surface area contributed by atoms with E-state index in [1.807, 2.05) is 34.9 Å². The highest BCUT2D eigenvalue weighted by molar-refractivity contribution is 6.04. The van der Waals surface area contributed by atoms with Gasteiger partial charge in [0.05, 0.1) is 0 Å². The average molecular weight is 387 g/mol. The number of benzene rings is 1. The Morgan fingerprint density at radius 3 is 2.90 bits per heavy atom. The van der Waals surface area contributed by atoms with Crippen LogP contribution in [-0.4, -0.2) is 33.1 Å². The molecule has 0 saturated carbocycles. The smallest absolute Gasteiger partial charge is 0.275 e. The van der Waals surface area contributed by atoms with E-state index in [1.54, 1.807) is 24.3 Å². The third-order valence-corrected chi connectivity index (χ3v) is 4.85. The van der Waals surface area contributed by atoms with Crippen molar-refractivity contribution >= 4 is 28.7 Å². The summed E-state index contributed by atoms with van der Waals surface area (Å²) < 4.78 is 7.15. The molecule has 144 valence electrons. The Morgan fingerprint density at radius 2 is 2.03 bits per heavy atom. The number of nitrogens with one attached hydrogen (secondary N) is 2. The average Bonchev–Trinajstić information content (AvgIpc) is 3.33. The van der Waals surface area contributed by atoms with E-state index < -0.39 is 0 Å². The summed E-state index contributed by atoms with van der Waals surface area (Å²) in [5, 5.41) is 10.3. The van der Waals surface area contributed by atoms with Gasteiger partial charge in [-0.2, -0.15) is 0 Å². The van der Waals surface area contributed by atoms with Crippen LogP contribution in [0.5, 0.6) is 0 Å². The summed E-state index contributed by atoms with van der Waals surface area (Å²) in [6, 6.07) is 16.8. The quantitative estimate of drug-likeness (QED) is 0.560. The van der Waals surface area contributed by atoms with Crippen molar-refractivity contribution in [2.75, 3.05) is 11.9 Å². The molecular weight excluding hydrogens is 370 g/mol. The van der Waals surface area contributed by atoms with Gasteiger partial charge in [0.1, 0.15) is 22.8 Å². The van der Waals surface area contributed by atoms with Gasteiger partial charge in [-0.1, -0.05) is 35.5 Å². The van der Waals surface area contributed by atoms with Crippen LogP contribution in [0.3, 0.4) is 0 Å². The summed E-state index contributed by atoms with van der Waals surface area (Å²) in [6.45, 7) is 1.16. The van der Waals surface area contributed by atoms with Gasteiger partial charge in [0.25, 0.3) is 11.8 Å². The summed E-state index contributed by atoms with van der Waals surface area (Å²) in [6.07, 6.45) is 0.590. The van der Waals surface area contributed by atoms with Crippen molar-refractivity contribution in [2.24, 2.45) is 0 Å². The van der Waals surface area contributed by atoms with Crippen molar-refractivity contribution in [2.45, 2.75) is 13.0 Å². The number of hydrogen-bond donors (Lipinski definition) is 2. The largest absolute Gasteiger partial charge is 0.359 e. The highest BCUT2D eigenvalue weighted by Gasteiger charge is 2.21. The normalized spacial score (nSPS) is 13.2. The molecule has 0 bridgehead atoms. The van der Waals surface area contributed by atoms with Crippen LogP contribution in [0.4, 0.5) is 5.82 Å². The molecule has 4 heterocycles. The molecule has 0 spiro atoms. The summed E-state index contributed by atoms with van der Waals surface area (Å²) >= 11 is 0. The Bertz CT molecular complexity index is 1230. The van der Waals surface area contributed by atoms with Crippen LogP contribution in [-0.2, 0) is 13.0 Å². The van der Waals surface area contributed by atoms with Gasteiger partial charge in [-0.15, -0.1) is 0 Å². The highest BCUT2D eigenvalue weighted by Crippen LogP contribution is 2.21. The molecule has 8 nitrogen and oxygen atoms in total. The van der Waals surface area contributed by atoms with Crippen LogP contribution in [0.1, 0.15) is 32.3 Å². The lowest BCUT2D eigenvalue weighted by molar-refractivity contribution is 0.0928. The minimum absolute atomic E-state index is 0.131. The standard InChI is InChI=1S/C21H17N5O3/c27-20(24-18-12-15(29-25-18)10-13-4-2-1-3-5-13)16-7-6-14-11-17-21(28)22-8-9-26(17)19(14)23-16/h1-7,11-12H,8-10H2,(H,22,28)(H,24,25,27). The monoisotopic (exact) mass is 387 g/mol. The summed E-state index contributed by atoms with van der Waals surface area (Å²) in [4.78, 5) is 29.1. The fraction of sp³-hybridized carbons (Fsp3) is 0.143. The van der Waals surface area contributed by atoms with Crippen LogP contribution in [0.25, 0.3) is 11.0 Å². The van der Waals surface area contributed by atoms with Crippen LogP contribution in [0.15, 0.2) is 59.1 Å². The number of carbonyl (C=O) groups is 2. The Hall–Kier alpha value is -3.94. The van der Waals surface area contributed by atoms with Gasteiger partial charge >= 0.3 is 0 Å². The van der Waals surface area contributed by atoms with E-state index in [1.165, 1.54) is 0 Å². The van der Waals surface area contributed by atoms with E-state index in [2.05, 4.69) is 20.8 Å². The first-order valence-corrected chi connectivity index (χ1v) is 9.27. The number of pyridine rings is 1. The highest BCUT2D eigenvalue weighted by atomic mass is 16.5. The maximum Gasteiger partial charge on any atom is 0.275 e. The number of hydrogen-bond acceptors (Lipinski definition) is 5. The minimum Gasteiger partial charge on any atom is -0.359 e. The Labute approximate surface area is 165 Å². The van der Waals surface area contributed by atoms with Crippen molar-refractivity contribution in [3.8, 4) is 0 Å². The maximum atomic E-state index is 12.6. The van der Waals surface area contributed by atoms with Gasteiger partial charge in [0.15, 0.2) is 5.82 Å². The molecule has 0 unspecified atom stereocenters. The molecule has 0 radical (unpaired) electrons. The van der Waals surface area contributed by atoms with Gasteiger partial charge in [-0.25, -0.2) is 4.98 Å². The van der Waals surface area contributed by atoms with E-state index in [-0.39, 0.29) is 17.5 Å². The zero-order valence-corrected chi connectivity index (χ0v) is 15.4. The molecule has 1 aromatic carbocycles. The van der Waals surface area contributed by atoms with Crippen LogP contribution >= 0.6 is 0 Å². The SMILES string of the molecule is O=C(Nc1cc(Cc2ccccc2)on1)c1ccc2cc3n(c2n1)CCNC3=O. The first kappa shape index (κ1) is 17.2. The van der Waals surface area contributed by atoms with Crippen molar-refractivity contribution in [1.82, 2.24) is 20.0 Å². The van der Waals surface area contributed by atoms with Gasteiger partial charge in [-0.05, 0) is 23.8 Å². The molecule has 0 aliphatic carbocycles.